The van der Waals surface area contributed by atoms with Crippen molar-refractivity contribution in [2.24, 2.45) is 0 Å². The van der Waals surface area contributed by atoms with Gasteiger partial charge in [-0.25, -0.2) is 14.8 Å². The highest BCUT2D eigenvalue weighted by Crippen LogP contribution is 2.29. The second kappa shape index (κ2) is 8.39. The van der Waals surface area contributed by atoms with E-state index in [1.165, 1.54) is 0 Å². The molecule has 0 amide bonds. The molecule has 0 aliphatic heterocycles. The van der Waals surface area contributed by atoms with Crippen molar-refractivity contribution in [3.05, 3.63) is 46.3 Å². The van der Waals surface area contributed by atoms with Gasteiger partial charge in [-0.05, 0) is 61.0 Å². The van der Waals surface area contributed by atoms with E-state index in [1.807, 2.05) is 19.9 Å². The number of nitrogens with one attached hydrogen (secondary N) is 1. The predicted octanol–water partition coefficient (Wildman–Crippen LogP) is 4.44. The van der Waals surface area contributed by atoms with Crippen LogP contribution in [0, 0.1) is 0 Å². The minimum absolute atomic E-state index is 0.380. The third-order valence-electron chi connectivity index (χ3n) is 3.77. The molecular formula is C19H20BrN3O4. The molecule has 3 rings (SSSR count). The lowest BCUT2D eigenvalue weighted by Gasteiger charge is -2.14. The van der Waals surface area contributed by atoms with Crippen LogP contribution in [0.1, 0.15) is 43.1 Å². The van der Waals surface area contributed by atoms with E-state index < -0.39 is 12.1 Å². The summed E-state index contributed by atoms with van der Waals surface area (Å²) in [4.78, 5) is 24.3. The molecule has 1 atom stereocenters. The van der Waals surface area contributed by atoms with Crippen LogP contribution in [-0.2, 0) is 4.74 Å². The molecule has 7 nitrogen and oxygen atoms in total. The number of aromatic nitrogens is 3. The van der Waals surface area contributed by atoms with Crippen LogP contribution in [0.15, 0.2) is 34.9 Å². The fourth-order valence-corrected chi connectivity index (χ4v) is 2.88. The quantitative estimate of drug-likeness (QED) is 0.554. The van der Waals surface area contributed by atoms with Gasteiger partial charge in [-0.15, -0.1) is 0 Å². The number of nitrogens with zero attached hydrogens (tertiary/aromatic N) is 2. The van der Waals surface area contributed by atoms with Crippen molar-refractivity contribution in [1.29, 1.82) is 0 Å². The number of halogens is 1. The molecule has 0 aliphatic rings. The Balaban J connectivity index is 1.77. The van der Waals surface area contributed by atoms with Gasteiger partial charge in [-0.3, -0.25) is 0 Å². The summed E-state index contributed by atoms with van der Waals surface area (Å²) in [5, 5.41) is 0. The Kier molecular flexibility index (Phi) is 5.95. The summed E-state index contributed by atoms with van der Waals surface area (Å²) in [6.45, 7) is 6.49. The molecule has 8 heteroatoms. The topological polar surface area (TPSA) is 86.3 Å². The van der Waals surface area contributed by atoms with Crippen LogP contribution in [0.5, 0.6) is 11.5 Å². The molecule has 27 heavy (non-hydrogen) atoms. The molecule has 0 saturated carbocycles. The van der Waals surface area contributed by atoms with Crippen molar-refractivity contribution in [1.82, 2.24) is 15.0 Å². The molecule has 0 saturated heterocycles. The Labute approximate surface area is 165 Å². The molecule has 0 bridgehead atoms. The van der Waals surface area contributed by atoms with E-state index in [9.17, 15) is 4.79 Å². The highest BCUT2D eigenvalue weighted by Gasteiger charge is 2.19. The number of imidazole rings is 1. The number of carbonyl (C=O) groups excluding carboxylic acids is 1. The van der Waals surface area contributed by atoms with E-state index in [0.29, 0.717) is 41.7 Å². The average molecular weight is 434 g/mol. The number of hydrogen-bond donors (Lipinski definition) is 1. The predicted molar refractivity (Wildman–Crippen MR) is 104 cm³/mol. The number of carbonyl (C=O) groups is 1. The molecule has 142 valence electrons. The van der Waals surface area contributed by atoms with Crippen molar-refractivity contribution in [2.45, 2.75) is 26.9 Å². The number of pyridine rings is 1. The van der Waals surface area contributed by atoms with Crippen LogP contribution in [0.2, 0.25) is 0 Å². The maximum Gasteiger partial charge on any atom is 0.338 e. The summed E-state index contributed by atoms with van der Waals surface area (Å²) < 4.78 is 17.5. The monoisotopic (exact) mass is 433 g/mol. The number of H-pyrrole nitrogens is 1. The maximum absolute atomic E-state index is 12.5. The molecular weight excluding hydrogens is 414 g/mol. The normalized spacial score (nSPS) is 12.0. The zero-order valence-electron chi connectivity index (χ0n) is 15.3. The standard InChI is InChI=1S/C19H20BrN3O4/c1-4-25-15-7-6-12(8-16(15)26-5-2)19(24)27-11(3)17-22-14-9-13(20)10-21-18(14)23-17/h6-11H,4-5H2,1-3H3,(H,21,22,23). The van der Waals surface area contributed by atoms with Crippen molar-refractivity contribution in [3.8, 4) is 11.5 Å². The minimum Gasteiger partial charge on any atom is -0.490 e. The molecule has 1 aromatic carbocycles. The van der Waals surface area contributed by atoms with Gasteiger partial charge in [0.15, 0.2) is 23.3 Å². The number of fused-ring (bicyclic) bond motifs is 1. The Morgan fingerprint density at radius 2 is 1.93 bits per heavy atom. The van der Waals surface area contributed by atoms with Gasteiger partial charge >= 0.3 is 5.97 Å². The van der Waals surface area contributed by atoms with E-state index in [0.717, 1.165) is 9.99 Å². The second-order valence-corrected chi connectivity index (χ2v) is 6.64. The molecule has 0 radical (unpaired) electrons. The lowest BCUT2D eigenvalue weighted by Crippen LogP contribution is -2.11. The second-order valence-electron chi connectivity index (χ2n) is 5.72. The first-order chi connectivity index (χ1) is 13.0. The Morgan fingerprint density at radius 3 is 2.67 bits per heavy atom. The van der Waals surface area contributed by atoms with Gasteiger partial charge in [-0.2, -0.15) is 0 Å². The van der Waals surface area contributed by atoms with Gasteiger partial charge in [-0.1, -0.05) is 0 Å². The lowest BCUT2D eigenvalue weighted by atomic mass is 10.2. The van der Waals surface area contributed by atoms with Crippen LogP contribution in [-0.4, -0.2) is 34.1 Å². The SMILES string of the molecule is CCOc1ccc(C(=O)OC(C)c2nc3ncc(Br)cc3[nH]2)cc1OCC. The smallest absolute Gasteiger partial charge is 0.338 e. The van der Waals surface area contributed by atoms with E-state index in [-0.39, 0.29) is 0 Å². The fourth-order valence-electron chi connectivity index (χ4n) is 2.55. The average Bonchev–Trinajstić information content (AvgIpc) is 3.06. The van der Waals surface area contributed by atoms with E-state index in [1.54, 1.807) is 31.3 Å². The van der Waals surface area contributed by atoms with Crippen LogP contribution in [0.3, 0.4) is 0 Å². The lowest BCUT2D eigenvalue weighted by molar-refractivity contribution is 0.0321. The number of aromatic amines is 1. The first kappa shape index (κ1) is 19.2. The van der Waals surface area contributed by atoms with Gasteiger partial charge < -0.3 is 19.2 Å². The number of hydrogen-bond acceptors (Lipinski definition) is 6. The summed E-state index contributed by atoms with van der Waals surface area (Å²) >= 11 is 3.37. The Hall–Kier alpha value is -2.61. The zero-order valence-corrected chi connectivity index (χ0v) is 16.9. The summed E-state index contributed by atoms with van der Waals surface area (Å²) in [5.74, 6) is 1.16. The van der Waals surface area contributed by atoms with Crippen LogP contribution < -0.4 is 9.47 Å². The van der Waals surface area contributed by atoms with Gasteiger partial charge in [0.25, 0.3) is 0 Å². The van der Waals surface area contributed by atoms with Crippen molar-refractivity contribution >= 4 is 33.1 Å². The maximum atomic E-state index is 12.5. The molecule has 0 fully saturated rings. The Morgan fingerprint density at radius 1 is 1.19 bits per heavy atom. The van der Waals surface area contributed by atoms with Crippen LogP contribution in [0.4, 0.5) is 0 Å². The summed E-state index contributed by atoms with van der Waals surface area (Å²) in [7, 11) is 0. The van der Waals surface area contributed by atoms with Gasteiger partial charge in [0.05, 0.1) is 24.3 Å². The summed E-state index contributed by atoms with van der Waals surface area (Å²) in [6, 6.07) is 6.85. The largest absolute Gasteiger partial charge is 0.490 e. The highest BCUT2D eigenvalue weighted by atomic mass is 79.9. The molecule has 3 aromatic rings. The Bertz CT molecular complexity index is 957. The molecule has 1 unspecified atom stereocenters. The summed E-state index contributed by atoms with van der Waals surface area (Å²) in [6.07, 6.45) is 1.10. The van der Waals surface area contributed by atoms with Gasteiger partial charge in [0.2, 0.25) is 0 Å². The van der Waals surface area contributed by atoms with Crippen LogP contribution in [0.25, 0.3) is 11.2 Å². The molecule has 0 aliphatic carbocycles. The summed E-state index contributed by atoms with van der Waals surface area (Å²) in [5.41, 5.74) is 1.71. The third kappa shape index (κ3) is 4.39. The first-order valence-electron chi connectivity index (χ1n) is 8.63. The van der Waals surface area contributed by atoms with E-state index >= 15 is 0 Å². The molecule has 2 aromatic heterocycles. The molecule has 2 heterocycles. The van der Waals surface area contributed by atoms with Crippen molar-refractivity contribution < 1.29 is 19.0 Å². The minimum atomic E-state index is -0.562. The number of esters is 1. The van der Waals surface area contributed by atoms with Gasteiger partial charge in [0.1, 0.15) is 5.82 Å². The fraction of sp³-hybridized carbons (Fsp3) is 0.316. The van der Waals surface area contributed by atoms with E-state index in [4.69, 9.17) is 14.2 Å². The third-order valence-corrected chi connectivity index (χ3v) is 4.20. The highest BCUT2D eigenvalue weighted by molar-refractivity contribution is 9.10. The number of benzene rings is 1. The van der Waals surface area contributed by atoms with Crippen LogP contribution >= 0.6 is 15.9 Å². The number of rotatable bonds is 7. The molecule has 0 spiro atoms. The molecule has 1 N–H and O–H groups in total. The first-order valence-corrected chi connectivity index (χ1v) is 9.42. The zero-order chi connectivity index (χ0) is 19.4. The van der Waals surface area contributed by atoms with Crippen molar-refractivity contribution in [3.63, 3.8) is 0 Å². The van der Waals surface area contributed by atoms with Crippen molar-refractivity contribution in [2.75, 3.05) is 13.2 Å². The van der Waals surface area contributed by atoms with E-state index in [2.05, 4.69) is 30.9 Å². The van der Waals surface area contributed by atoms with Gasteiger partial charge in [0, 0.05) is 10.7 Å². The number of ether oxygens (including phenoxy) is 3.